The molecule has 4 atom stereocenters. The smallest absolute Gasteiger partial charge is 0.300 e. The minimum absolute atomic E-state index is 0. The molecule has 0 radical (unpaired) electrons. The maximum atomic E-state index is 11.2. The summed E-state index contributed by atoms with van der Waals surface area (Å²) in [6.45, 7) is 25.6. The van der Waals surface area contributed by atoms with E-state index in [4.69, 9.17) is 19.8 Å². The Bertz CT molecular complexity index is 767. The number of carboxylic acid groups (broad SMARTS) is 2. The molecular weight excluding hydrogens is 468 g/mol. The second-order valence-electron chi connectivity index (χ2n) is 11.2. The SMILES string of the molecule is CC(=O)O.CC(=O)O.Cc1cc(C(C)(C)C)c(O)c([Si](C)(C)C2C(C)C(C)C(C)C2C)c1.[Ti]. The van der Waals surface area contributed by atoms with Gasteiger partial charge in [0.2, 0.25) is 0 Å². The Kier molecular flexibility index (Phi) is 13.5. The topological polar surface area (TPSA) is 94.8 Å². The number of benzene rings is 1. The fraction of sp³-hybridized carbons (Fsp3) is 0.692. The molecule has 2 rings (SSSR count). The molecule has 3 N–H and O–H groups in total. The average Bonchev–Trinajstić information content (AvgIpc) is 2.78. The minimum atomic E-state index is -1.79. The molecule has 188 valence electrons. The fourth-order valence-corrected chi connectivity index (χ4v) is 10.4. The van der Waals surface area contributed by atoms with Gasteiger partial charge in [-0.15, -0.1) is 0 Å². The molecule has 0 aliphatic heterocycles. The molecule has 1 saturated carbocycles. The van der Waals surface area contributed by atoms with E-state index in [-0.39, 0.29) is 27.1 Å². The van der Waals surface area contributed by atoms with Crippen molar-refractivity contribution in [3.8, 4) is 5.75 Å². The quantitative estimate of drug-likeness (QED) is 0.420. The molecule has 1 aromatic carbocycles. The summed E-state index contributed by atoms with van der Waals surface area (Å²) in [5, 5.41) is 27.3. The van der Waals surface area contributed by atoms with Gasteiger partial charge in [-0.3, -0.25) is 9.59 Å². The van der Waals surface area contributed by atoms with Crippen LogP contribution >= 0.6 is 0 Å². The monoisotopic (exact) mass is 514 g/mol. The van der Waals surface area contributed by atoms with Gasteiger partial charge in [-0.2, -0.15) is 0 Å². The largest absolute Gasteiger partial charge is 0.508 e. The van der Waals surface area contributed by atoms with Gasteiger partial charge >= 0.3 is 0 Å². The summed E-state index contributed by atoms with van der Waals surface area (Å²) in [7, 11) is -1.79. The molecule has 0 heterocycles. The molecule has 1 fully saturated rings. The fourth-order valence-electron chi connectivity index (χ4n) is 5.43. The maximum absolute atomic E-state index is 11.2. The van der Waals surface area contributed by atoms with Crippen LogP contribution in [0.5, 0.6) is 5.75 Å². The van der Waals surface area contributed by atoms with Gasteiger partial charge in [0.05, 0.1) is 8.07 Å². The predicted molar refractivity (Wildman–Crippen MR) is 136 cm³/mol. The van der Waals surface area contributed by atoms with E-state index in [1.165, 1.54) is 10.8 Å². The summed E-state index contributed by atoms with van der Waals surface area (Å²) in [5.41, 5.74) is 3.09. The maximum Gasteiger partial charge on any atom is 0.300 e. The molecule has 0 spiro atoms. The van der Waals surface area contributed by atoms with Gasteiger partial charge in [-0.25, -0.2) is 0 Å². The second-order valence-corrected chi connectivity index (χ2v) is 15.8. The minimum Gasteiger partial charge on any atom is -0.508 e. The summed E-state index contributed by atoms with van der Waals surface area (Å²) in [4.78, 5) is 18.0. The average molecular weight is 515 g/mol. The van der Waals surface area contributed by atoms with Crippen molar-refractivity contribution in [1.29, 1.82) is 0 Å². The molecule has 33 heavy (non-hydrogen) atoms. The summed E-state index contributed by atoms with van der Waals surface area (Å²) in [6.07, 6.45) is 0. The number of phenols is 1. The summed E-state index contributed by atoms with van der Waals surface area (Å²) in [6, 6.07) is 4.46. The van der Waals surface area contributed by atoms with Crippen molar-refractivity contribution in [2.75, 3.05) is 0 Å². The predicted octanol–water partition coefficient (Wildman–Crippen LogP) is 6.02. The van der Waals surface area contributed by atoms with Gasteiger partial charge in [0.15, 0.2) is 0 Å². The van der Waals surface area contributed by atoms with Gasteiger partial charge in [0.1, 0.15) is 5.75 Å². The molecule has 0 saturated heterocycles. The number of carbonyl (C=O) groups is 2. The third-order valence-corrected chi connectivity index (χ3v) is 11.7. The molecule has 1 aromatic rings. The van der Waals surface area contributed by atoms with Crippen LogP contribution in [0.2, 0.25) is 18.6 Å². The van der Waals surface area contributed by atoms with Crippen molar-refractivity contribution in [2.45, 2.75) is 93.3 Å². The van der Waals surface area contributed by atoms with E-state index in [1.807, 2.05) is 0 Å². The summed E-state index contributed by atoms with van der Waals surface area (Å²) >= 11 is 0. The summed E-state index contributed by atoms with van der Waals surface area (Å²) < 4.78 is 0. The number of aromatic hydroxyl groups is 1. The number of hydrogen-bond donors (Lipinski definition) is 3. The molecule has 0 amide bonds. The van der Waals surface area contributed by atoms with Crippen LogP contribution in [0.4, 0.5) is 0 Å². The Morgan fingerprint density at radius 2 is 1.18 bits per heavy atom. The third-order valence-electron chi connectivity index (χ3n) is 7.21. The van der Waals surface area contributed by atoms with Crippen LogP contribution in [-0.2, 0) is 36.7 Å². The molecular formula is C26H46O5SiTi. The van der Waals surface area contributed by atoms with Crippen LogP contribution in [0, 0.1) is 30.6 Å². The Morgan fingerprint density at radius 1 is 0.848 bits per heavy atom. The zero-order valence-electron chi connectivity index (χ0n) is 22.7. The van der Waals surface area contributed by atoms with Gasteiger partial charge < -0.3 is 15.3 Å². The third kappa shape index (κ3) is 9.22. The van der Waals surface area contributed by atoms with E-state index >= 15 is 0 Å². The molecule has 0 bridgehead atoms. The Hall–Kier alpha value is -1.11. The van der Waals surface area contributed by atoms with E-state index in [9.17, 15) is 5.11 Å². The molecule has 1 aliphatic rings. The summed E-state index contributed by atoms with van der Waals surface area (Å²) in [5.74, 6) is 1.91. The number of aryl methyl sites for hydroxylation is 1. The first kappa shape index (κ1) is 34.1. The normalized spacial score (nSPS) is 24.4. The zero-order chi connectivity index (χ0) is 25.8. The van der Waals surface area contributed by atoms with Crippen molar-refractivity contribution in [3.05, 3.63) is 23.3 Å². The Balaban J connectivity index is 0. The van der Waals surface area contributed by atoms with E-state index < -0.39 is 20.0 Å². The van der Waals surface area contributed by atoms with Gasteiger partial charge in [0, 0.05) is 35.6 Å². The molecule has 4 unspecified atom stereocenters. The first-order valence-electron chi connectivity index (χ1n) is 11.5. The molecule has 5 nitrogen and oxygen atoms in total. The van der Waals surface area contributed by atoms with Crippen LogP contribution in [0.15, 0.2) is 12.1 Å². The van der Waals surface area contributed by atoms with Crippen molar-refractivity contribution < 1.29 is 46.6 Å². The van der Waals surface area contributed by atoms with Crippen LogP contribution in [0.3, 0.4) is 0 Å². The van der Waals surface area contributed by atoms with Crippen molar-refractivity contribution >= 4 is 25.2 Å². The van der Waals surface area contributed by atoms with E-state index in [0.29, 0.717) is 5.75 Å². The van der Waals surface area contributed by atoms with Crippen LogP contribution in [0.25, 0.3) is 0 Å². The first-order valence-corrected chi connectivity index (χ1v) is 14.6. The van der Waals surface area contributed by atoms with Crippen LogP contribution in [0.1, 0.15) is 73.4 Å². The van der Waals surface area contributed by atoms with Gasteiger partial charge in [-0.05, 0) is 52.3 Å². The zero-order valence-corrected chi connectivity index (χ0v) is 25.3. The number of carboxylic acids is 2. The van der Waals surface area contributed by atoms with Crippen molar-refractivity contribution in [3.63, 3.8) is 0 Å². The van der Waals surface area contributed by atoms with Crippen LogP contribution in [-0.4, -0.2) is 35.3 Å². The van der Waals surface area contributed by atoms with Crippen molar-refractivity contribution in [2.24, 2.45) is 23.7 Å². The molecule has 7 heteroatoms. The number of rotatable bonds is 2. The van der Waals surface area contributed by atoms with E-state index in [1.54, 1.807) is 0 Å². The Morgan fingerprint density at radius 3 is 1.48 bits per heavy atom. The second kappa shape index (κ2) is 13.1. The first-order chi connectivity index (χ1) is 14.3. The molecule has 0 aromatic heterocycles. The van der Waals surface area contributed by atoms with Crippen LogP contribution < -0.4 is 5.19 Å². The molecule has 1 aliphatic carbocycles. The standard InChI is InChI=1S/C22H38OSi.2C2H4O2.Ti/c1-13-11-18(22(6,7)8)20(23)19(12-13)24(9,10)21-16(4)14(2)15(3)17(21)5;2*1-2(3)4;/h11-12,14-17,21,23H,1-10H3;2*1H3,(H,3,4);. The van der Waals surface area contributed by atoms with E-state index in [0.717, 1.165) is 48.6 Å². The van der Waals surface area contributed by atoms with Gasteiger partial charge in [0.25, 0.3) is 11.9 Å². The Labute approximate surface area is 217 Å². The van der Waals surface area contributed by atoms with Crippen molar-refractivity contribution in [1.82, 2.24) is 0 Å². The van der Waals surface area contributed by atoms with Gasteiger partial charge in [-0.1, -0.05) is 79.3 Å². The number of hydrogen-bond acceptors (Lipinski definition) is 3. The van der Waals surface area contributed by atoms with E-state index in [2.05, 4.69) is 80.6 Å². The number of phenolic OH excluding ortho intramolecular Hbond substituents is 1. The number of aliphatic carboxylic acids is 2.